The molecule has 0 spiro atoms. The number of amides is 4. The molecule has 0 heterocycles. The van der Waals surface area contributed by atoms with Crippen LogP contribution in [0.3, 0.4) is 0 Å². The number of carbonyl (C=O) groups excluding carboxylic acids is 5. The fourth-order valence-electron chi connectivity index (χ4n) is 3.46. The number of alkyl carbamates (subject to hydrolysis) is 2. The Kier molecular flexibility index (Phi) is 18.4. The summed E-state index contributed by atoms with van der Waals surface area (Å²) in [7, 11) is 0. The molecule has 0 aliphatic carbocycles. The first-order valence-electron chi connectivity index (χ1n) is 14.6. The van der Waals surface area contributed by atoms with Crippen molar-refractivity contribution >= 4 is 30.0 Å². The number of nitrogens with one attached hydrogen (secondary N) is 4. The number of hydrogen-bond donors (Lipinski definition) is 5. The predicted molar refractivity (Wildman–Crippen MR) is 158 cm³/mol. The topological polar surface area (TPSA) is 206 Å². The highest BCUT2D eigenvalue weighted by atomic mass is 16.7. The summed E-state index contributed by atoms with van der Waals surface area (Å²) in [6.45, 7) is 15.9. The second kappa shape index (κ2) is 19.9. The Labute approximate surface area is 255 Å². The molecule has 0 aromatic carbocycles. The van der Waals surface area contributed by atoms with Gasteiger partial charge in [0.15, 0.2) is 12.3 Å². The highest BCUT2D eigenvalue weighted by molar-refractivity contribution is 5.88. The molecule has 15 heteroatoms. The first kappa shape index (κ1) is 39.8. The highest BCUT2D eigenvalue weighted by Gasteiger charge is 2.34. The van der Waals surface area contributed by atoms with Gasteiger partial charge in [0.05, 0.1) is 6.61 Å². The average molecular weight is 620 g/mol. The summed E-state index contributed by atoms with van der Waals surface area (Å²) < 4.78 is 26.4. The van der Waals surface area contributed by atoms with Gasteiger partial charge in [-0.2, -0.15) is 0 Å². The van der Waals surface area contributed by atoms with Crippen LogP contribution in [0.4, 0.5) is 9.59 Å². The molecule has 0 rings (SSSR count). The Morgan fingerprint density at radius 1 is 0.767 bits per heavy atom. The number of carbonyl (C=O) groups is 5. The summed E-state index contributed by atoms with van der Waals surface area (Å²) in [5.74, 6) is -1.98. The molecule has 0 aromatic rings. The van der Waals surface area contributed by atoms with Crippen molar-refractivity contribution in [2.45, 2.75) is 117 Å². The number of ether oxygens (including phenoxy) is 5. The van der Waals surface area contributed by atoms with Crippen LogP contribution in [-0.4, -0.2) is 98.5 Å². The standard InChI is InChI=1S/C28H53N5O10/c1-10-39-23(36)21(24(40-11-2)41-12-3)33-22(35)19(29)17-31-20(34)16-18(32-26(38)43-28(7,8)9)14-13-15-30-25(37)42-27(4,5)6/h18-19,21,24H,10-17,29H2,1-9H3,(H,30,37)(H,31,34)(H,32,38)(H,33,35)/t18-,19-,21-/m0/s1. The van der Waals surface area contributed by atoms with E-state index in [0.717, 1.165) is 0 Å². The minimum absolute atomic E-state index is 0.0772. The molecule has 6 N–H and O–H groups in total. The third-order valence-corrected chi connectivity index (χ3v) is 5.18. The number of nitrogens with two attached hydrogens (primary N) is 1. The first-order valence-corrected chi connectivity index (χ1v) is 14.6. The van der Waals surface area contributed by atoms with Crippen molar-refractivity contribution in [1.82, 2.24) is 21.3 Å². The van der Waals surface area contributed by atoms with E-state index in [1.54, 1.807) is 62.3 Å². The number of esters is 1. The smallest absolute Gasteiger partial charge is 0.407 e. The van der Waals surface area contributed by atoms with Gasteiger partial charge in [-0.1, -0.05) is 0 Å². The van der Waals surface area contributed by atoms with Crippen LogP contribution < -0.4 is 27.0 Å². The van der Waals surface area contributed by atoms with Crippen LogP contribution in [0, 0.1) is 0 Å². The molecule has 0 radical (unpaired) electrons. The van der Waals surface area contributed by atoms with E-state index in [2.05, 4.69) is 21.3 Å². The second-order valence-corrected chi connectivity index (χ2v) is 11.5. The lowest BCUT2D eigenvalue weighted by molar-refractivity contribution is -0.180. The SMILES string of the molecule is CCOC(=O)[C@H](NC(=O)[C@@H](N)CNC(=O)C[C@H](CCCNC(=O)OC(C)(C)C)NC(=O)OC(C)(C)C)C(OCC)OCC. The van der Waals surface area contributed by atoms with Crippen LogP contribution in [0.2, 0.25) is 0 Å². The molecule has 0 aliphatic rings. The molecule has 0 fully saturated rings. The van der Waals surface area contributed by atoms with Gasteiger partial charge < -0.3 is 50.7 Å². The summed E-state index contributed by atoms with van der Waals surface area (Å²) >= 11 is 0. The van der Waals surface area contributed by atoms with Crippen LogP contribution in [0.25, 0.3) is 0 Å². The van der Waals surface area contributed by atoms with Gasteiger partial charge in [-0.3, -0.25) is 9.59 Å². The monoisotopic (exact) mass is 619 g/mol. The van der Waals surface area contributed by atoms with E-state index in [-0.39, 0.29) is 39.3 Å². The van der Waals surface area contributed by atoms with E-state index in [4.69, 9.17) is 29.4 Å². The van der Waals surface area contributed by atoms with Gasteiger partial charge in [0, 0.05) is 38.8 Å². The summed E-state index contributed by atoms with van der Waals surface area (Å²) in [4.78, 5) is 62.3. The van der Waals surface area contributed by atoms with E-state index in [1.165, 1.54) is 0 Å². The van der Waals surface area contributed by atoms with Crippen molar-refractivity contribution in [1.29, 1.82) is 0 Å². The fraction of sp³-hybridized carbons (Fsp3) is 0.821. The molecule has 4 amide bonds. The van der Waals surface area contributed by atoms with Crippen molar-refractivity contribution < 1.29 is 47.7 Å². The van der Waals surface area contributed by atoms with Crippen LogP contribution in [0.5, 0.6) is 0 Å². The fourth-order valence-corrected chi connectivity index (χ4v) is 3.46. The van der Waals surface area contributed by atoms with Crippen molar-refractivity contribution in [2.75, 3.05) is 32.9 Å². The minimum Gasteiger partial charge on any atom is -0.464 e. The van der Waals surface area contributed by atoms with E-state index < -0.39 is 65.6 Å². The molecule has 43 heavy (non-hydrogen) atoms. The van der Waals surface area contributed by atoms with Gasteiger partial charge in [-0.15, -0.1) is 0 Å². The third-order valence-electron chi connectivity index (χ3n) is 5.18. The van der Waals surface area contributed by atoms with Crippen molar-refractivity contribution in [3.63, 3.8) is 0 Å². The second-order valence-electron chi connectivity index (χ2n) is 11.5. The van der Waals surface area contributed by atoms with Crippen molar-refractivity contribution in [2.24, 2.45) is 5.73 Å². The summed E-state index contributed by atoms with van der Waals surface area (Å²) in [6, 6.07) is -3.14. The van der Waals surface area contributed by atoms with Crippen LogP contribution in [0.1, 0.15) is 81.6 Å². The average Bonchev–Trinajstić information content (AvgIpc) is 2.86. The largest absolute Gasteiger partial charge is 0.464 e. The molecule has 0 aromatic heterocycles. The molecule has 0 aliphatic heterocycles. The van der Waals surface area contributed by atoms with Gasteiger partial charge in [0.2, 0.25) is 11.8 Å². The molecule has 250 valence electrons. The third kappa shape index (κ3) is 19.6. The van der Waals surface area contributed by atoms with Gasteiger partial charge >= 0.3 is 18.2 Å². The maximum absolute atomic E-state index is 12.8. The quantitative estimate of drug-likeness (QED) is 0.0643. The van der Waals surface area contributed by atoms with E-state index in [1.807, 2.05) is 0 Å². The normalized spacial score (nSPS) is 13.7. The Morgan fingerprint density at radius 3 is 1.84 bits per heavy atom. The lowest BCUT2D eigenvalue weighted by Gasteiger charge is -2.27. The lowest BCUT2D eigenvalue weighted by atomic mass is 10.1. The summed E-state index contributed by atoms with van der Waals surface area (Å²) in [6.07, 6.45) is -1.78. The Balaban J connectivity index is 5.19. The van der Waals surface area contributed by atoms with E-state index in [0.29, 0.717) is 12.8 Å². The Bertz CT molecular complexity index is 882. The molecule has 0 unspecified atom stereocenters. The molecule has 0 saturated heterocycles. The molecule has 3 atom stereocenters. The van der Waals surface area contributed by atoms with E-state index in [9.17, 15) is 24.0 Å². The zero-order valence-corrected chi connectivity index (χ0v) is 27.1. The molecule has 15 nitrogen and oxygen atoms in total. The van der Waals surface area contributed by atoms with Crippen molar-refractivity contribution in [3.05, 3.63) is 0 Å². The minimum atomic E-state index is -1.27. The first-order chi connectivity index (χ1) is 19.9. The zero-order chi connectivity index (χ0) is 33.2. The van der Waals surface area contributed by atoms with Crippen LogP contribution in [0.15, 0.2) is 0 Å². The van der Waals surface area contributed by atoms with Gasteiger partial charge in [-0.05, 0) is 75.2 Å². The van der Waals surface area contributed by atoms with Gasteiger partial charge in [0.25, 0.3) is 0 Å². The molecule has 0 saturated carbocycles. The maximum Gasteiger partial charge on any atom is 0.407 e. The Hall–Kier alpha value is -3.17. The van der Waals surface area contributed by atoms with Crippen LogP contribution in [-0.2, 0) is 38.1 Å². The number of rotatable bonds is 18. The maximum atomic E-state index is 12.8. The van der Waals surface area contributed by atoms with E-state index >= 15 is 0 Å². The lowest BCUT2D eigenvalue weighted by Crippen LogP contribution is -2.57. The van der Waals surface area contributed by atoms with Gasteiger partial charge in [-0.25, -0.2) is 14.4 Å². The number of hydrogen-bond acceptors (Lipinski definition) is 11. The van der Waals surface area contributed by atoms with Crippen LogP contribution >= 0.6 is 0 Å². The molecular weight excluding hydrogens is 566 g/mol. The van der Waals surface area contributed by atoms with Gasteiger partial charge in [0.1, 0.15) is 17.2 Å². The highest BCUT2D eigenvalue weighted by Crippen LogP contribution is 2.10. The summed E-state index contributed by atoms with van der Waals surface area (Å²) in [5.41, 5.74) is 4.59. The summed E-state index contributed by atoms with van der Waals surface area (Å²) in [5, 5.41) is 10.4. The zero-order valence-electron chi connectivity index (χ0n) is 27.1. The predicted octanol–water partition coefficient (Wildman–Crippen LogP) is 1.47. The molecule has 0 bridgehead atoms. The Morgan fingerprint density at radius 2 is 1.33 bits per heavy atom. The molecular formula is C28H53N5O10. The van der Waals surface area contributed by atoms with Crippen molar-refractivity contribution in [3.8, 4) is 0 Å².